The van der Waals surface area contributed by atoms with Crippen molar-refractivity contribution in [1.82, 2.24) is 8.51 Å². The first kappa shape index (κ1) is 28.7. The molecule has 7 nitrogen and oxygen atoms in total. The summed E-state index contributed by atoms with van der Waals surface area (Å²) in [7, 11) is 0. The Kier molecular flexibility index (Phi) is 7.79. The smallest absolute Gasteiger partial charge is 0.227 e. The first-order chi connectivity index (χ1) is 20.8. The molecule has 4 N–H and O–H groups in total. The van der Waals surface area contributed by atoms with Crippen LogP contribution >= 0.6 is 22.9 Å². The third kappa shape index (κ3) is 5.67. The van der Waals surface area contributed by atoms with E-state index in [0.29, 0.717) is 24.3 Å². The maximum absolute atomic E-state index is 10.3. The number of hydrogen-bond acceptors (Lipinski definition) is 7. The van der Waals surface area contributed by atoms with Gasteiger partial charge < -0.3 is 28.2 Å². The van der Waals surface area contributed by atoms with Gasteiger partial charge in [0.1, 0.15) is 22.8 Å². The van der Waals surface area contributed by atoms with Gasteiger partial charge in [0.2, 0.25) is 5.89 Å². The summed E-state index contributed by atoms with van der Waals surface area (Å²) >= 11 is 2.05. The Labute approximate surface area is 264 Å². The molecule has 0 bridgehead atoms. The number of allylic oxidation sites excluding steroid dienone is 2. The summed E-state index contributed by atoms with van der Waals surface area (Å²) in [5.41, 5.74) is 7.65. The first-order valence-corrected chi connectivity index (χ1v) is 15.1. The van der Waals surface area contributed by atoms with Crippen molar-refractivity contribution in [3.05, 3.63) is 126 Å². The summed E-state index contributed by atoms with van der Waals surface area (Å²) in [6.07, 6.45) is 6.37. The molecule has 0 radical (unpaired) electrons. The number of fused-ring (bicyclic) bond motifs is 2. The lowest BCUT2D eigenvalue weighted by Gasteiger charge is -2.26. The van der Waals surface area contributed by atoms with E-state index in [2.05, 4.69) is 76.4 Å². The number of hydrogen-bond donors (Lipinski definition) is 4. The minimum absolute atomic E-state index is 0.231. The van der Waals surface area contributed by atoms with Gasteiger partial charge in [-0.25, -0.2) is 4.98 Å². The summed E-state index contributed by atoms with van der Waals surface area (Å²) in [6.45, 7) is 8.15. The molecular weight excluding hydrogens is 653 g/mol. The van der Waals surface area contributed by atoms with E-state index in [4.69, 9.17) is 14.1 Å². The molecule has 0 fully saturated rings. The number of aromatic hydroxyl groups is 2. The zero-order valence-electron chi connectivity index (χ0n) is 23.9. The molecule has 1 atom stereocenters. The van der Waals surface area contributed by atoms with Crippen molar-refractivity contribution in [3.63, 3.8) is 0 Å². The predicted molar refractivity (Wildman–Crippen MR) is 179 cm³/mol. The van der Waals surface area contributed by atoms with Crippen molar-refractivity contribution in [1.29, 1.82) is 0 Å². The largest absolute Gasteiger partial charge is 0.508 e. The zero-order valence-corrected chi connectivity index (χ0v) is 26.1. The molecule has 5 aromatic rings. The Hall–Kier alpha value is -4.44. The second-order valence-corrected chi connectivity index (χ2v) is 11.7. The SMILES string of the molecule is C=CCc1cc(-c2nc3cc(C(C)(C)c4ccc5c(c4)NC(c4ccc(O)c(C/C=C\NI)c4)O5)ccc3o2)ccc1O. The van der Waals surface area contributed by atoms with E-state index in [-0.39, 0.29) is 23.1 Å². The fourth-order valence-electron chi connectivity index (χ4n) is 5.39. The van der Waals surface area contributed by atoms with E-state index in [1.807, 2.05) is 48.7 Å². The Balaban J connectivity index is 1.25. The quantitative estimate of drug-likeness (QED) is 0.0702. The normalized spacial score (nSPS) is 14.4. The molecule has 0 aliphatic carbocycles. The third-order valence-corrected chi connectivity index (χ3v) is 8.32. The number of phenols is 2. The van der Waals surface area contributed by atoms with Crippen LogP contribution in [0.5, 0.6) is 17.2 Å². The van der Waals surface area contributed by atoms with Gasteiger partial charge in [-0.2, -0.15) is 0 Å². The maximum Gasteiger partial charge on any atom is 0.227 e. The van der Waals surface area contributed by atoms with Gasteiger partial charge in [0.25, 0.3) is 0 Å². The molecule has 0 saturated heterocycles. The van der Waals surface area contributed by atoms with Gasteiger partial charge in [-0.05, 0) is 95.8 Å². The van der Waals surface area contributed by atoms with E-state index in [9.17, 15) is 10.2 Å². The molecule has 2 heterocycles. The molecule has 6 rings (SSSR count). The van der Waals surface area contributed by atoms with Gasteiger partial charge in [0.05, 0.1) is 28.6 Å². The van der Waals surface area contributed by atoms with E-state index in [1.54, 1.807) is 18.2 Å². The number of nitrogens with zero attached hydrogens (tertiary/aromatic N) is 1. The number of nitrogens with one attached hydrogen (secondary N) is 2. The zero-order chi connectivity index (χ0) is 30.1. The van der Waals surface area contributed by atoms with Gasteiger partial charge in [-0.3, -0.25) is 0 Å². The van der Waals surface area contributed by atoms with Crippen molar-refractivity contribution < 1.29 is 19.4 Å². The standard InChI is InChI=1S/C35H32IN3O4/c1-4-6-21-17-23(8-12-29(21)40)33-38-27-19-25(10-14-31(27)42-33)35(2,3)26-11-15-32-28(20-26)39-34(43-32)24-9-13-30(41)22(18-24)7-5-16-37-36/h4-5,8-20,34,37,39-41H,1,6-7H2,2-3H3/b16-5-. The molecule has 4 aromatic carbocycles. The topological polar surface area (TPSA) is 99.8 Å². The molecule has 8 heteroatoms. The van der Waals surface area contributed by atoms with Crippen molar-refractivity contribution >= 4 is 39.7 Å². The summed E-state index contributed by atoms with van der Waals surface area (Å²) < 4.78 is 15.3. The van der Waals surface area contributed by atoms with Gasteiger partial charge in [0.15, 0.2) is 11.8 Å². The lowest BCUT2D eigenvalue weighted by Crippen LogP contribution is -2.18. The highest BCUT2D eigenvalue weighted by atomic mass is 127. The van der Waals surface area contributed by atoms with Gasteiger partial charge in [-0.15, -0.1) is 6.58 Å². The van der Waals surface area contributed by atoms with E-state index in [1.165, 1.54) is 0 Å². The molecule has 218 valence electrons. The molecule has 1 aliphatic heterocycles. The first-order valence-electron chi connectivity index (χ1n) is 14.0. The molecule has 0 saturated carbocycles. The van der Waals surface area contributed by atoms with Gasteiger partial charge >= 0.3 is 0 Å². The molecule has 0 amide bonds. The molecule has 1 unspecified atom stereocenters. The number of halogens is 1. The van der Waals surface area contributed by atoms with Crippen LogP contribution in [-0.4, -0.2) is 15.2 Å². The monoisotopic (exact) mass is 685 g/mol. The molecule has 1 aromatic heterocycles. The highest BCUT2D eigenvalue weighted by Crippen LogP contribution is 2.43. The van der Waals surface area contributed by atoms with Crippen LogP contribution in [0.3, 0.4) is 0 Å². The van der Waals surface area contributed by atoms with Crippen molar-refractivity contribution in [3.8, 4) is 28.7 Å². The van der Waals surface area contributed by atoms with Crippen LogP contribution in [0.4, 0.5) is 5.69 Å². The third-order valence-electron chi connectivity index (χ3n) is 7.96. The fourth-order valence-corrected chi connectivity index (χ4v) is 5.64. The second-order valence-electron chi connectivity index (χ2n) is 11.1. The van der Waals surface area contributed by atoms with Crippen LogP contribution < -0.4 is 13.6 Å². The maximum atomic E-state index is 10.3. The summed E-state index contributed by atoms with van der Waals surface area (Å²) in [4.78, 5) is 4.79. The van der Waals surface area contributed by atoms with Crippen LogP contribution in [0.25, 0.3) is 22.6 Å². The Bertz CT molecular complexity index is 1860. The van der Waals surface area contributed by atoms with Crippen LogP contribution in [0, 0.1) is 0 Å². The van der Waals surface area contributed by atoms with Gasteiger partial charge in [-0.1, -0.05) is 38.1 Å². The number of phenolic OH excluding ortho intramolecular Hbond substituents is 2. The molecule has 43 heavy (non-hydrogen) atoms. The Morgan fingerprint density at radius 2 is 1.70 bits per heavy atom. The molecule has 1 aliphatic rings. The minimum atomic E-state index is -0.351. The fraction of sp³-hybridized carbons (Fsp3) is 0.171. The average Bonchev–Trinajstić information content (AvgIpc) is 3.63. The highest BCUT2D eigenvalue weighted by Gasteiger charge is 2.29. The Morgan fingerprint density at radius 1 is 0.953 bits per heavy atom. The predicted octanol–water partition coefficient (Wildman–Crippen LogP) is 8.46. The van der Waals surface area contributed by atoms with Crippen LogP contribution in [0.2, 0.25) is 0 Å². The summed E-state index contributed by atoms with van der Waals surface area (Å²) in [5, 5.41) is 24.0. The number of aromatic nitrogens is 1. The lowest BCUT2D eigenvalue weighted by atomic mass is 9.78. The van der Waals surface area contributed by atoms with Crippen LogP contribution in [0.15, 0.2) is 102 Å². The van der Waals surface area contributed by atoms with Crippen LogP contribution in [0.1, 0.15) is 47.9 Å². The van der Waals surface area contributed by atoms with Crippen molar-refractivity contribution in [2.75, 3.05) is 5.32 Å². The lowest BCUT2D eigenvalue weighted by molar-refractivity contribution is 0.259. The van der Waals surface area contributed by atoms with E-state index in [0.717, 1.165) is 50.3 Å². The summed E-state index contributed by atoms with van der Waals surface area (Å²) in [5.74, 6) is 1.79. The number of ether oxygens (including phenoxy) is 1. The number of anilines is 1. The van der Waals surface area contributed by atoms with Gasteiger partial charge in [0, 0.05) is 22.7 Å². The highest BCUT2D eigenvalue weighted by molar-refractivity contribution is 14.1. The molecular formula is C35H32IN3O4. The number of rotatable bonds is 9. The Morgan fingerprint density at radius 3 is 2.49 bits per heavy atom. The number of benzene rings is 4. The van der Waals surface area contributed by atoms with Crippen LogP contribution in [-0.2, 0) is 18.3 Å². The second kappa shape index (κ2) is 11.7. The summed E-state index contributed by atoms with van der Waals surface area (Å²) in [6, 6.07) is 23.3. The minimum Gasteiger partial charge on any atom is -0.508 e. The van der Waals surface area contributed by atoms with Crippen molar-refractivity contribution in [2.45, 2.75) is 38.3 Å². The molecule has 0 spiro atoms. The average molecular weight is 686 g/mol. The van der Waals surface area contributed by atoms with E-state index >= 15 is 0 Å². The van der Waals surface area contributed by atoms with E-state index < -0.39 is 0 Å². The van der Waals surface area contributed by atoms with Crippen molar-refractivity contribution in [2.24, 2.45) is 0 Å². The number of oxazole rings is 1.